The van der Waals surface area contributed by atoms with E-state index >= 15 is 0 Å². The van der Waals surface area contributed by atoms with Gasteiger partial charge in [-0.15, -0.1) is 0 Å². The molecule has 338 valence electrons. The Morgan fingerprint density at radius 2 is 1.22 bits per heavy atom. The van der Waals surface area contributed by atoms with E-state index in [9.17, 15) is 33.6 Å². The van der Waals surface area contributed by atoms with Gasteiger partial charge in [-0.05, 0) is 42.2 Å². The second-order valence-corrected chi connectivity index (χ2v) is 15.5. The first-order valence-corrected chi connectivity index (χ1v) is 21.4. The Morgan fingerprint density at radius 1 is 0.667 bits per heavy atom. The van der Waals surface area contributed by atoms with Gasteiger partial charge in [-0.2, -0.15) is 25.3 Å². The summed E-state index contributed by atoms with van der Waals surface area (Å²) in [6, 6.07) is 8.86. The van der Waals surface area contributed by atoms with Crippen LogP contribution in [-0.2, 0) is 52.8 Å². The summed E-state index contributed by atoms with van der Waals surface area (Å²) in [5, 5.41) is 16.9. The predicted octanol–water partition coefficient (Wildman–Crippen LogP) is -1.36. The fourth-order valence-corrected chi connectivity index (χ4v) is 7.13. The van der Waals surface area contributed by atoms with Crippen molar-refractivity contribution in [2.45, 2.75) is 81.7 Å². The molecule has 2 aromatic heterocycles. The number of carbonyl (C=O) groups is 7. The molecule has 0 aliphatic rings. The number of carbonyl (C=O) groups excluding carboxylic acids is 7. The molecule has 4 rings (SSSR count). The summed E-state index contributed by atoms with van der Waals surface area (Å²) < 4.78 is 0. The fraction of sp³-hybridized carbons (Fsp3) is 0.390. The number of rotatable bonds is 25. The number of amides is 7. The predicted molar refractivity (Wildman–Crippen MR) is 243 cm³/mol. The van der Waals surface area contributed by atoms with E-state index in [-0.39, 0.29) is 62.5 Å². The second-order valence-electron chi connectivity index (χ2n) is 14.6. The molecule has 0 radical (unpaired) electrons. The molecule has 20 nitrogen and oxygen atoms in total. The highest BCUT2D eigenvalue weighted by Crippen LogP contribution is 2.20. The van der Waals surface area contributed by atoms with Gasteiger partial charge >= 0.3 is 0 Å². The number of aromatic amines is 2. The van der Waals surface area contributed by atoms with E-state index < -0.39 is 77.6 Å². The molecule has 2 heterocycles. The standard InChI is InChI=1S/C41H55N13O7S2/c1-23(55)49-30(13-15-62)37(58)53-33(18-26-20-45-22-48-26)40(61)51-31(16-24-8-3-2-4-9-24)38(59)50-29(12-7-14-46-41(43)44)36(57)52-32(39(60)54-34(21-63)35(42)56)17-25-19-47-28-11-6-5-10-27(25)28/h2-6,8-11,19-20,22,29-34,47,62-63H,7,12-18,21H2,1H3,(H2,42,56)(H,45,48)(H,49,55)(H,50,59)(H,51,61)(H,52,57)(H,53,58)(H,54,60)(H4,43,44,46)/t29-,30-,31+,32-,33-,34-/m0/s1. The molecular weight excluding hydrogens is 851 g/mol. The lowest BCUT2D eigenvalue weighted by atomic mass is 10.0. The van der Waals surface area contributed by atoms with Gasteiger partial charge in [0.05, 0.1) is 6.33 Å². The van der Waals surface area contributed by atoms with Crippen molar-refractivity contribution in [3.63, 3.8) is 0 Å². The highest BCUT2D eigenvalue weighted by Gasteiger charge is 2.34. The molecule has 0 saturated carbocycles. The lowest BCUT2D eigenvalue weighted by Crippen LogP contribution is -2.60. The first kappa shape index (κ1) is 49.1. The van der Waals surface area contributed by atoms with Crippen LogP contribution in [0, 0.1) is 0 Å². The summed E-state index contributed by atoms with van der Waals surface area (Å²) in [7, 11) is 0. The van der Waals surface area contributed by atoms with Gasteiger partial charge in [-0.1, -0.05) is 48.5 Å². The minimum absolute atomic E-state index is 0.0173. The summed E-state index contributed by atoms with van der Waals surface area (Å²) in [5.74, 6) is -4.98. The molecule has 0 spiro atoms. The van der Waals surface area contributed by atoms with Crippen LogP contribution >= 0.6 is 25.3 Å². The van der Waals surface area contributed by atoms with E-state index in [0.717, 1.165) is 10.9 Å². The number of hydrogen-bond donors (Lipinski definition) is 13. The molecule has 0 unspecified atom stereocenters. The average molecular weight is 906 g/mol. The number of para-hydroxylation sites is 1. The van der Waals surface area contributed by atoms with Crippen LogP contribution in [0.15, 0.2) is 78.3 Å². The number of aliphatic imine (C=N–C) groups is 1. The Morgan fingerprint density at radius 3 is 1.79 bits per heavy atom. The summed E-state index contributed by atoms with van der Waals surface area (Å²) in [6.07, 6.45) is 4.81. The van der Waals surface area contributed by atoms with Crippen molar-refractivity contribution >= 4 is 83.5 Å². The second kappa shape index (κ2) is 24.8. The molecule has 14 N–H and O–H groups in total. The number of fused-ring (bicyclic) bond motifs is 1. The quantitative estimate of drug-likeness (QED) is 0.0160. The van der Waals surface area contributed by atoms with Crippen molar-refractivity contribution in [1.82, 2.24) is 46.9 Å². The van der Waals surface area contributed by atoms with E-state index in [1.165, 1.54) is 19.4 Å². The third-order valence-electron chi connectivity index (χ3n) is 9.79. The summed E-state index contributed by atoms with van der Waals surface area (Å²) in [4.78, 5) is 108. The Labute approximate surface area is 374 Å². The number of nitrogens with one attached hydrogen (secondary N) is 8. The fourth-order valence-electron chi connectivity index (χ4n) is 6.60. The monoisotopic (exact) mass is 905 g/mol. The van der Waals surface area contributed by atoms with Crippen LogP contribution in [0.2, 0.25) is 0 Å². The Bertz CT molecular complexity index is 2200. The van der Waals surface area contributed by atoms with Gasteiger partial charge in [-0.25, -0.2) is 4.98 Å². The Kier molecular flexibility index (Phi) is 19.3. The van der Waals surface area contributed by atoms with Gasteiger partial charge in [0.1, 0.15) is 36.3 Å². The maximum absolute atomic E-state index is 14.4. The van der Waals surface area contributed by atoms with E-state index in [2.05, 4.69) is 77.1 Å². The van der Waals surface area contributed by atoms with Crippen LogP contribution in [0.1, 0.15) is 43.0 Å². The Balaban J connectivity index is 1.65. The maximum Gasteiger partial charge on any atom is 0.243 e. The van der Waals surface area contributed by atoms with E-state index in [4.69, 9.17) is 17.2 Å². The highest BCUT2D eigenvalue weighted by atomic mass is 32.1. The van der Waals surface area contributed by atoms with Gasteiger partial charge < -0.3 is 59.1 Å². The smallest absolute Gasteiger partial charge is 0.243 e. The molecule has 0 aliphatic heterocycles. The van der Waals surface area contributed by atoms with E-state index in [1.54, 1.807) is 36.5 Å². The lowest BCUT2D eigenvalue weighted by molar-refractivity contribution is -0.135. The number of benzene rings is 2. The van der Waals surface area contributed by atoms with Crippen LogP contribution in [0.25, 0.3) is 10.9 Å². The average Bonchev–Trinajstić information content (AvgIpc) is 3.92. The molecule has 0 aliphatic carbocycles. The molecule has 2 aromatic carbocycles. The molecule has 4 aromatic rings. The lowest BCUT2D eigenvalue weighted by Gasteiger charge is -2.27. The molecule has 63 heavy (non-hydrogen) atoms. The molecule has 0 bridgehead atoms. The minimum Gasteiger partial charge on any atom is -0.370 e. The van der Waals surface area contributed by atoms with Crippen LogP contribution in [-0.4, -0.2) is 117 Å². The number of nitrogens with zero attached hydrogens (tertiary/aromatic N) is 2. The molecular formula is C41H55N13O7S2. The van der Waals surface area contributed by atoms with Crippen LogP contribution in [0.5, 0.6) is 0 Å². The van der Waals surface area contributed by atoms with Crippen LogP contribution < -0.4 is 49.1 Å². The normalized spacial score (nSPS) is 13.8. The number of aromatic nitrogens is 3. The molecule has 7 amide bonds. The number of thiol groups is 2. The summed E-state index contributed by atoms with van der Waals surface area (Å²) in [6.45, 7) is 1.35. The first-order chi connectivity index (χ1) is 30.2. The number of H-pyrrole nitrogens is 2. The van der Waals surface area contributed by atoms with Crippen molar-refractivity contribution in [3.05, 3.63) is 90.1 Å². The third kappa shape index (κ3) is 15.7. The zero-order valence-electron chi connectivity index (χ0n) is 34.6. The summed E-state index contributed by atoms with van der Waals surface area (Å²) in [5.41, 5.74) is 19.2. The zero-order chi connectivity index (χ0) is 45.9. The van der Waals surface area contributed by atoms with Gasteiger partial charge in [0.2, 0.25) is 41.4 Å². The molecule has 6 atom stereocenters. The van der Waals surface area contributed by atoms with Crippen molar-refractivity contribution in [2.75, 3.05) is 18.1 Å². The van der Waals surface area contributed by atoms with Crippen molar-refractivity contribution in [1.29, 1.82) is 0 Å². The molecule has 0 saturated heterocycles. The van der Waals surface area contributed by atoms with Crippen molar-refractivity contribution in [3.8, 4) is 0 Å². The van der Waals surface area contributed by atoms with E-state index in [0.29, 0.717) is 16.8 Å². The van der Waals surface area contributed by atoms with Crippen LogP contribution in [0.3, 0.4) is 0 Å². The third-order valence-corrected chi connectivity index (χ3v) is 10.4. The van der Waals surface area contributed by atoms with Gasteiger partial charge in [0.15, 0.2) is 5.96 Å². The van der Waals surface area contributed by atoms with Crippen LogP contribution in [0.4, 0.5) is 0 Å². The summed E-state index contributed by atoms with van der Waals surface area (Å²) >= 11 is 8.34. The molecule has 22 heteroatoms. The zero-order valence-corrected chi connectivity index (χ0v) is 36.4. The minimum atomic E-state index is -1.31. The van der Waals surface area contributed by atoms with Gasteiger partial charge in [0, 0.05) is 67.5 Å². The number of nitrogens with two attached hydrogens (primary N) is 3. The molecule has 0 fully saturated rings. The number of imidazole rings is 1. The van der Waals surface area contributed by atoms with Crippen molar-refractivity contribution in [2.24, 2.45) is 22.2 Å². The van der Waals surface area contributed by atoms with Gasteiger partial charge in [0.25, 0.3) is 0 Å². The van der Waals surface area contributed by atoms with Gasteiger partial charge in [-0.3, -0.25) is 38.6 Å². The topological polar surface area (TPSA) is 327 Å². The van der Waals surface area contributed by atoms with E-state index in [1.807, 2.05) is 24.3 Å². The number of hydrogen-bond acceptors (Lipinski definition) is 11. The highest BCUT2D eigenvalue weighted by molar-refractivity contribution is 7.80. The van der Waals surface area contributed by atoms with Crippen molar-refractivity contribution < 1.29 is 33.6 Å². The first-order valence-electron chi connectivity index (χ1n) is 20.1. The Hall–Kier alpha value is -6.55. The number of guanidine groups is 1. The SMILES string of the molecule is CC(=O)N[C@@H](CCS)C(=O)N[C@@H](Cc1cnc[nH]1)C(=O)N[C@H](Cc1ccccc1)C(=O)N[C@@H](CCCN=C(N)N)C(=O)N[C@@H](Cc1c[nH]c2ccccc12)C(=O)N[C@@H](CS)C(N)=O. The maximum atomic E-state index is 14.4. The largest absolute Gasteiger partial charge is 0.370 e. The number of primary amides is 1.